The molecule has 0 aliphatic carbocycles. The summed E-state index contributed by atoms with van der Waals surface area (Å²) in [4.78, 5) is 24.1. The van der Waals surface area contributed by atoms with Crippen LogP contribution in [0.25, 0.3) is 0 Å². The third-order valence-corrected chi connectivity index (χ3v) is 7.50. The molecule has 1 amide bonds. The molecule has 0 spiro atoms. The minimum Gasteiger partial charge on any atom is -0.453 e. The first-order valence-electron chi connectivity index (χ1n) is 8.51. The number of unbranched alkanes of at least 4 members (excludes halogenated alkanes) is 1. The topological polar surface area (TPSA) is 55.4 Å². The highest BCUT2D eigenvalue weighted by molar-refractivity contribution is 8.77. The first kappa shape index (κ1) is 20.5. The van der Waals surface area contributed by atoms with E-state index < -0.39 is 6.10 Å². The van der Waals surface area contributed by atoms with E-state index in [1.54, 1.807) is 25.1 Å². The largest absolute Gasteiger partial charge is 0.453 e. The zero-order chi connectivity index (χ0) is 18.2. The molecule has 1 N–H and O–H groups in total. The van der Waals surface area contributed by atoms with Gasteiger partial charge >= 0.3 is 5.97 Å². The number of anilines is 1. The van der Waals surface area contributed by atoms with Gasteiger partial charge in [-0.1, -0.05) is 45.7 Å². The van der Waals surface area contributed by atoms with Gasteiger partial charge in [0.15, 0.2) is 6.10 Å². The van der Waals surface area contributed by atoms with Crippen LogP contribution in [-0.4, -0.2) is 29.0 Å². The van der Waals surface area contributed by atoms with Crippen molar-refractivity contribution >= 4 is 50.8 Å². The molecule has 0 bridgehead atoms. The van der Waals surface area contributed by atoms with Crippen molar-refractivity contribution in [3.8, 4) is 0 Å². The summed E-state index contributed by atoms with van der Waals surface area (Å²) in [5, 5.41) is 4.07. The van der Waals surface area contributed by atoms with E-state index in [1.807, 2.05) is 28.5 Å². The number of carbonyl (C=O) groups excluding carboxylic acids is 2. The van der Waals surface area contributed by atoms with Gasteiger partial charge in [0.1, 0.15) is 0 Å². The number of rotatable bonds is 8. The van der Waals surface area contributed by atoms with Crippen molar-refractivity contribution < 1.29 is 14.3 Å². The Bertz CT molecular complexity index is 606. The van der Waals surface area contributed by atoms with Gasteiger partial charge in [-0.05, 0) is 50.8 Å². The number of nitrogens with one attached hydrogen (secondary N) is 1. The lowest BCUT2D eigenvalue weighted by atomic mass is 10.1. The fourth-order valence-electron chi connectivity index (χ4n) is 2.49. The van der Waals surface area contributed by atoms with E-state index in [0.29, 0.717) is 17.1 Å². The molecule has 7 heteroatoms. The zero-order valence-electron chi connectivity index (χ0n) is 14.5. The Morgan fingerprint density at radius 2 is 2.20 bits per heavy atom. The maximum absolute atomic E-state index is 12.2. The summed E-state index contributed by atoms with van der Waals surface area (Å²) in [6.45, 7) is 3.41. The summed E-state index contributed by atoms with van der Waals surface area (Å²) >= 11 is 6.04. The summed E-state index contributed by atoms with van der Waals surface area (Å²) in [5.41, 5.74) is 1.42. The number of carbonyl (C=O) groups is 2. The van der Waals surface area contributed by atoms with Crippen LogP contribution in [0.3, 0.4) is 0 Å². The van der Waals surface area contributed by atoms with E-state index in [0.717, 1.165) is 30.1 Å². The quantitative estimate of drug-likeness (QED) is 0.367. The van der Waals surface area contributed by atoms with E-state index >= 15 is 0 Å². The van der Waals surface area contributed by atoms with Gasteiger partial charge in [-0.15, -0.1) is 0 Å². The van der Waals surface area contributed by atoms with Gasteiger partial charge in [0.25, 0.3) is 5.91 Å². The summed E-state index contributed by atoms with van der Waals surface area (Å²) in [6.07, 6.45) is 3.78. The number of benzene rings is 1. The SMILES string of the molecule is Cc1c(Cl)cccc1NC(=O)[C@@H](C)OC(=O)CCCC[C@@H]1CCSS1. The summed E-state index contributed by atoms with van der Waals surface area (Å²) < 4.78 is 5.23. The number of hydrogen-bond acceptors (Lipinski definition) is 5. The Labute approximate surface area is 162 Å². The Morgan fingerprint density at radius 3 is 2.92 bits per heavy atom. The normalized spacial score (nSPS) is 18.0. The highest BCUT2D eigenvalue weighted by atomic mass is 35.5. The van der Waals surface area contributed by atoms with Crippen LogP contribution in [0.2, 0.25) is 5.02 Å². The average molecular weight is 402 g/mol. The van der Waals surface area contributed by atoms with Gasteiger partial charge in [-0.3, -0.25) is 9.59 Å². The molecule has 1 saturated heterocycles. The Hall–Kier alpha value is -0.850. The van der Waals surface area contributed by atoms with Crippen molar-refractivity contribution in [3.63, 3.8) is 0 Å². The first-order valence-corrected chi connectivity index (χ1v) is 11.3. The van der Waals surface area contributed by atoms with Crippen molar-refractivity contribution in [1.29, 1.82) is 0 Å². The molecule has 1 aromatic carbocycles. The smallest absolute Gasteiger partial charge is 0.306 e. The number of esters is 1. The minimum atomic E-state index is -0.826. The zero-order valence-corrected chi connectivity index (χ0v) is 16.9. The van der Waals surface area contributed by atoms with Gasteiger partial charge in [0.2, 0.25) is 0 Å². The van der Waals surface area contributed by atoms with Crippen LogP contribution in [-0.2, 0) is 14.3 Å². The van der Waals surface area contributed by atoms with Crippen molar-refractivity contribution in [1.82, 2.24) is 0 Å². The lowest BCUT2D eigenvalue weighted by molar-refractivity contribution is -0.153. The van der Waals surface area contributed by atoms with Crippen molar-refractivity contribution in [2.24, 2.45) is 0 Å². The average Bonchev–Trinajstić information content (AvgIpc) is 3.09. The van der Waals surface area contributed by atoms with Gasteiger partial charge < -0.3 is 10.1 Å². The summed E-state index contributed by atoms with van der Waals surface area (Å²) in [5.74, 6) is 0.563. The molecule has 138 valence electrons. The Morgan fingerprint density at radius 1 is 1.40 bits per heavy atom. The minimum absolute atomic E-state index is 0.320. The number of halogens is 1. The molecule has 25 heavy (non-hydrogen) atoms. The second-order valence-electron chi connectivity index (χ2n) is 6.11. The van der Waals surface area contributed by atoms with E-state index in [4.69, 9.17) is 16.3 Å². The Kier molecular flexibility index (Phi) is 8.46. The van der Waals surface area contributed by atoms with Gasteiger partial charge in [-0.2, -0.15) is 0 Å². The molecule has 1 aliphatic rings. The molecule has 0 unspecified atom stereocenters. The van der Waals surface area contributed by atoms with Gasteiger partial charge in [0, 0.05) is 28.1 Å². The number of hydrogen-bond donors (Lipinski definition) is 1. The third kappa shape index (κ3) is 6.76. The van der Waals surface area contributed by atoms with E-state index in [1.165, 1.54) is 12.2 Å². The standard InChI is InChI=1S/C18H24ClNO3S2/c1-12-15(19)7-5-8-16(12)20-18(22)13(2)23-17(21)9-4-3-6-14-10-11-24-25-14/h5,7-8,13-14H,3-4,6,9-11H2,1-2H3,(H,20,22)/t13-,14-/m1/s1. The maximum Gasteiger partial charge on any atom is 0.306 e. The van der Waals surface area contributed by atoms with Crippen molar-refractivity contribution in [2.75, 3.05) is 11.1 Å². The number of ether oxygens (including phenoxy) is 1. The summed E-state index contributed by atoms with van der Waals surface area (Å²) in [6, 6.07) is 5.30. The number of amides is 1. The van der Waals surface area contributed by atoms with Crippen LogP contribution in [0.15, 0.2) is 18.2 Å². The van der Waals surface area contributed by atoms with E-state index in [9.17, 15) is 9.59 Å². The molecule has 1 heterocycles. The van der Waals surface area contributed by atoms with Crippen LogP contribution >= 0.6 is 33.2 Å². The lowest BCUT2D eigenvalue weighted by Gasteiger charge is -2.15. The predicted octanol–water partition coefficient (Wildman–Crippen LogP) is 5.23. The van der Waals surface area contributed by atoms with Crippen LogP contribution in [0.1, 0.15) is 44.6 Å². The molecule has 1 fully saturated rings. The van der Waals surface area contributed by atoms with Gasteiger partial charge in [0.05, 0.1) is 0 Å². The molecule has 4 nitrogen and oxygen atoms in total. The van der Waals surface area contributed by atoms with Crippen LogP contribution < -0.4 is 5.32 Å². The molecule has 1 aromatic rings. The van der Waals surface area contributed by atoms with Crippen LogP contribution in [0.5, 0.6) is 0 Å². The van der Waals surface area contributed by atoms with Crippen LogP contribution in [0, 0.1) is 6.92 Å². The molecule has 1 aliphatic heterocycles. The monoisotopic (exact) mass is 401 g/mol. The predicted molar refractivity (Wildman–Crippen MR) is 107 cm³/mol. The Balaban J connectivity index is 1.68. The highest BCUT2D eigenvalue weighted by Crippen LogP contribution is 2.39. The van der Waals surface area contributed by atoms with Crippen molar-refractivity contribution in [2.45, 2.75) is 57.3 Å². The fourth-order valence-corrected chi connectivity index (χ4v) is 5.69. The molecule has 2 atom stereocenters. The molecular weight excluding hydrogens is 378 g/mol. The van der Waals surface area contributed by atoms with Gasteiger partial charge in [-0.25, -0.2) is 0 Å². The van der Waals surface area contributed by atoms with E-state index in [2.05, 4.69) is 5.32 Å². The second kappa shape index (κ2) is 10.3. The lowest BCUT2D eigenvalue weighted by Crippen LogP contribution is -2.30. The van der Waals surface area contributed by atoms with Crippen molar-refractivity contribution in [3.05, 3.63) is 28.8 Å². The molecule has 0 radical (unpaired) electrons. The summed E-state index contributed by atoms with van der Waals surface area (Å²) in [7, 11) is 3.89. The van der Waals surface area contributed by atoms with E-state index in [-0.39, 0.29) is 11.9 Å². The molecule has 0 aromatic heterocycles. The maximum atomic E-state index is 12.2. The first-order chi connectivity index (χ1) is 12.0. The third-order valence-electron chi connectivity index (χ3n) is 4.09. The molecular formula is C18H24ClNO3S2. The highest BCUT2D eigenvalue weighted by Gasteiger charge is 2.19. The second-order valence-corrected chi connectivity index (χ2v) is 9.30. The van der Waals surface area contributed by atoms with Crippen LogP contribution in [0.4, 0.5) is 5.69 Å². The molecule has 0 saturated carbocycles. The fraction of sp³-hybridized carbons (Fsp3) is 0.556. The molecule has 2 rings (SSSR count).